The van der Waals surface area contributed by atoms with E-state index in [1.807, 2.05) is 6.92 Å². The molecule has 0 aliphatic heterocycles. The van der Waals surface area contributed by atoms with Gasteiger partial charge in [-0.05, 0) is 18.9 Å². The van der Waals surface area contributed by atoms with Crippen LogP contribution in [-0.4, -0.2) is 35.3 Å². The summed E-state index contributed by atoms with van der Waals surface area (Å²) in [5, 5.41) is 12.3. The van der Waals surface area contributed by atoms with Crippen LogP contribution >= 0.6 is 11.6 Å². The second-order valence-corrected chi connectivity index (χ2v) is 4.92. The number of rotatable bonds is 7. The van der Waals surface area contributed by atoms with Gasteiger partial charge in [-0.2, -0.15) is 0 Å². The number of carboxylic acid groups (broad SMARTS) is 1. The van der Waals surface area contributed by atoms with Gasteiger partial charge < -0.3 is 15.2 Å². The monoisotopic (exact) mass is 286 g/mol. The van der Waals surface area contributed by atoms with Crippen LogP contribution < -0.4 is 5.32 Å². The van der Waals surface area contributed by atoms with Gasteiger partial charge in [-0.25, -0.2) is 9.78 Å². The van der Waals surface area contributed by atoms with Gasteiger partial charge in [0.2, 0.25) is 0 Å². The Morgan fingerprint density at radius 2 is 2.26 bits per heavy atom. The maximum absolute atomic E-state index is 10.8. The Bertz CT molecular complexity index is 438. The van der Waals surface area contributed by atoms with Crippen LogP contribution in [0.1, 0.15) is 31.1 Å². The number of hydrogen-bond donors (Lipinski definition) is 2. The number of nitrogens with one attached hydrogen (secondary N) is 1. The van der Waals surface area contributed by atoms with E-state index in [1.165, 1.54) is 12.3 Å². The summed E-state index contributed by atoms with van der Waals surface area (Å²) < 4.78 is 5.40. The molecule has 0 saturated heterocycles. The van der Waals surface area contributed by atoms with E-state index in [9.17, 15) is 4.79 Å². The lowest BCUT2D eigenvalue weighted by atomic mass is 10.1. The van der Waals surface area contributed by atoms with Crippen molar-refractivity contribution in [1.29, 1.82) is 0 Å². The van der Waals surface area contributed by atoms with Crippen molar-refractivity contribution in [2.45, 2.75) is 26.8 Å². The quantitative estimate of drug-likeness (QED) is 0.806. The lowest BCUT2D eigenvalue weighted by Gasteiger charge is -2.23. The van der Waals surface area contributed by atoms with Crippen molar-refractivity contribution in [2.24, 2.45) is 5.92 Å². The van der Waals surface area contributed by atoms with E-state index in [4.69, 9.17) is 21.4 Å². The van der Waals surface area contributed by atoms with Crippen LogP contribution in [0.2, 0.25) is 5.02 Å². The molecule has 0 amide bonds. The minimum atomic E-state index is -1.05. The number of nitrogens with zero attached hydrogens (tertiary/aromatic N) is 1. The summed E-state index contributed by atoms with van der Waals surface area (Å²) in [6, 6.07) is 1.46. The summed E-state index contributed by atoms with van der Waals surface area (Å²) in [5.41, 5.74) is 0.0708. The molecule has 1 heterocycles. The van der Waals surface area contributed by atoms with Crippen molar-refractivity contribution in [3.63, 3.8) is 0 Å². The molecule has 0 saturated carbocycles. The highest BCUT2D eigenvalue weighted by molar-refractivity contribution is 6.33. The molecule has 0 fully saturated rings. The second-order valence-electron chi connectivity index (χ2n) is 4.51. The van der Waals surface area contributed by atoms with Gasteiger partial charge >= 0.3 is 5.97 Å². The highest BCUT2D eigenvalue weighted by Crippen LogP contribution is 2.22. The Kier molecular flexibility index (Phi) is 6.05. The third-order valence-electron chi connectivity index (χ3n) is 2.72. The van der Waals surface area contributed by atoms with Crippen LogP contribution in [-0.2, 0) is 4.74 Å². The fraction of sp³-hybridized carbons (Fsp3) is 0.538. The van der Waals surface area contributed by atoms with E-state index < -0.39 is 5.97 Å². The summed E-state index contributed by atoms with van der Waals surface area (Å²) in [6.45, 7) is 7.26. The maximum Gasteiger partial charge on any atom is 0.337 e. The Hall–Kier alpha value is -1.33. The highest BCUT2D eigenvalue weighted by Gasteiger charge is 2.16. The van der Waals surface area contributed by atoms with Gasteiger partial charge in [-0.3, -0.25) is 0 Å². The molecule has 1 aromatic heterocycles. The van der Waals surface area contributed by atoms with E-state index >= 15 is 0 Å². The van der Waals surface area contributed by atoms with Crippen LogP contribution in [0.5, 0.6) is 0 Å². The topological polar surface area (TPSA) is 71.5 Å². The Morgan fingerprint density at radius 3 is 2.74 bits per heavy atom. The Labute approximate surface area is 117 Å². The molecule has 19 heavy (non-hydrogen) atoms. The smallest absolute Gasteiger partial charge is 0.337 e. The van der Waals surface area contributed by atoms with Crippen LogP contribution in [0.25, 0.3) is 0 Å². The summed E-state index contributed by atoms with van der Waals surface area (Å²) in [5.74, 6) is -0.232. The largest absolute Gasteiger partial charge is 0.478 e. The molecule has 0 aliphatic carbocycles. The number of hydrogen-bond acceptors (Lipinski definition) is 4. The molecule has 6 heteroatoms. The van der Waals surface area contributed by atoms with Gasteiger partial charge in [-0.1, -0.05) is 25.4 Å². The van der Waals surface area contributed by atoms with Gasteiger partial charge in [0.25, 0.3) is 0 Å². The minimum Gasteiger partial charge on any atom is -0.478 e. The van der Waals surface area contributed by atoms with Crippen molar-refractivity contribution >= 4 is 23.4 Å². The summed E-state index contributed by atoms with van der Waals surface area (Å²) in [6.07, 6.45) is 1.29. The van der Waals surface area contributed by atoms with E-state index in [-0.39, 0.29) is 11.6 Å². The van der Waals surface area contributed by atoms with Crippen molar-refractivity contribution < 1.29 is 14.6 Å². The van der Waals surface area contributed by atoms with E-state index in [1.54, 1.807) is 0 Å². The molecule has 1 aromatic rings. The zero-order chi connectivity index (χ0) is 14.4. The molecule has 0 bridgehead atoms. The van der Waals surface area contributed by atoms with E-state index in [0.29, 0.717) is 30.0 Å². The van der Waals surface area contributed by atoms with E-state index in [2.05, 4.69) is 24.1 Å². The van der Waals surface area contributed by atoms with Crippen LogP contribution in [0.15, 0.2) is 12.3 Å². The number of aromatic nitrogens is 1. The molecule has 0 radical (unpaired) electrons. The van der Waals surface area contributed by atoms with Gasteiger partial charge in [0.15, 0.2) is 0 Å². The Balaban J connectivity index is 2.81. The molecule has 0 aliphatic rings. The third-order valence-corrected chi connectivity index (χ3v) is 3.00. The van der Waals surface area contributed by atoms with Gasteiger partial charge in [0, 0.05) is 12.8 Å². The molecule has 0 aromatic carbocycles. The zero-order valence-corrected chi connectivity index (χ0v) is 12.1. The van der Waals surface area contributed by atoms with Gasteiger partial charge in [0.1, 0.15) is 5.82 Å². The van der Waals surface area contributed by atoms with Crippen molar-refractivity contribution in [1.82, 2.24) is 4.98 Å². The lowest BCUT2D eigenvalue weighted by Crippen LogP contribution is -2.31. The first-order valence-corrected chi connectivity index (χ1v) is 6.56. The fourth-order valence-electron chi connectivity index (χ4n) is 1.48. The standard InChI is InChI=1S/C13H19ClN2O3/c1-4-19-7-11(8(2)3)16-12-10(14)5-9(6-15-12)13(17)18/h5-6,8,11H,4,7H2,1-3H3,(H,15,16)(H,17,18). The molecule has 5 nitrogen and oxygen atoms in total. The number of pyridine rings is 1. The predicted octanol–water partition coefficient (Wildman–Crippen LogP) is 2.91. The molecule has 0 spiro atoms. The average molecular weight is 287 g/mol. The number of carbonyl (C=O) groups is 1. The van der Waals surface area contributed by atoms with Crippen molar-refractivity contribution in [3.8, 4) is 0 Å². The minimum absolute atomic E-state index is 0.0700. The summed E-state index contributed by atoms with van der Waals surface area (Å²) in [7, 11) is 0. The fourth-order valence-corrected chi connectivity index (χ4v) is 1.70. The van der Waals surface area contributed by atoms with Crippen LogP contribution in [0.4, 0.5) is 5.82 Å². The number of aromatic carboxylic acids is 1. The number of carboxylic acids is 1. The summed E-state index contributed by atoms with van der Waals surface area (Å²) >= 11 is 6.03. The SMILES string of the molecule is CCOCC(Nc1ncc(C(=O)O)cc1Cl)C(C)C. The van der Waals surface area contributed by atoms with Gasteiger partial charge in [-0.15, -0.1) is 0 Å². The van der Waals surface area contributed by atoms with Crippen LogP contribution in [0, 0.1) is 5.92 Å². The van der Waals surface area contributed by atoms with Gasteiger partial charge in [0.05, 0.1) is 23.2 Å². The molecule has 1 atom stereocenters. The zero-order valence-electron chi connectivity index (χ0n) is 11.3. The normalized spacial score (nSPS) is 12.5. The number of ether oxygens (including phenoxy) is 1. The second kappa shape index (κ2) is 7.31. The third kappa shape index (κ3) is 4.69. The molecule has 1 rings (SSSR count). The summed E-state index contributed by atoms with van der Waals surface area (Å²) in [4.78, 5) is 14.8. The molecule has 2 N–H and O–H groups in total. The molecule has 1 unspecified atom stereocenters. The first-order chi connectivity index (χ1) is 8.95. The van der Waals surface area contributed by atoms with Crippen LogP contribution in [0.3, 0.4) is 0 Å². The Morgan fingerprint density at radius 1 is 1.58 bits per heavy atom. The van der Waals surface area contributed by atoms with E-state index in [0.717, 1.165) is 0 Å². The maximum atomic E-state index is 10.8. The number of halogens is 1. The molecular weight excluding hydrogens is 268 g/mol. The lowest BCUT2D eigenvalue weighted by molar-refractivity contribution is 0.0696. The highest BCUT2D eigenvalue weighted by atomic mass is 35.5. The van der Waals surface area contributed by atoms with Crippen molar-refractivity contribution in [2.75, 3.05) is 18.5 Å². The van der Waals surface area contributed by atoms with Crippen molar-refractivity contribution in [3.05, 3.63) is 22.8 Å². The molecular formula is C13H19ClN2O3. The first-order valence-electron chi connectivity index (χ1n) is 6.18. The predicted molar refractivity (Wildman–Crippen MR) is 74.9 cm³/mol. The first kappa shape index (κ1) is 15.7. The average Bonchev–Trinajstić information content (AvgIpc) is 2.35. The number of anilines is 1. The molecule has 106 valence electrons.